The molecular formula is C14H20ClN3O. The van der Waals surface area contributed by atoms with Crippen molar-refractivity contribution in [2.24, 2.45) is 5.73 Å². The summed E-state index contributed by atoms with van der Waals surface area (Å²) in [5, 5.41) is 4.06. The molecule has 4 nitrogen and oxygen atoms in total. The van der Waals surface area contributed by atoms with Crippen molar-refractivity contribution < 1.29 is 4.79 Å². The van der Waals surface area contributed by atoms with Gasteiger partial charge in [-0.05, 0) is 31.9 Å². The fourth-order valence-electron chi connectivity index (χ4n) is 2.13. The molecule has 0 aliphatic heterocycles. The number of aryl methyl sites for hydroxylation is 1. The Balaban J connectivity index is 0.00000180. The van der Waals surface area contributed by atoms with Gasteiger partial charge in [-0.2, -0.15) is 0 Å². The van der Waals surface area contributed by atoms with Gasteiger partial charge in [0.05, 0.1) is 6.04 Å². The second kappa shape index (κ2) is 6.59. The number of carbonyl (C=O) groups excluding carboxylic acids is 1. The van der Waals surface area contributed by atoms with Crippen molar-refractivity contribution in [3.63, 3.8) is 0 Å². The maximum Gasteiger partial charge on any atom is 0.236 e. The van der Waals surface area contributed by atoms with Crippen molar-refractivity contribution in [1.29, 1.82) is 0 Å². The lowest BCUT2D eigenvalue weighted by atomic mass is 10.1. The number of hydrogen-bond acceptors (Lipinski definition) is 2. The van der Waals surface area contributed by atoms with Gasteiger partial charge in [-0.25, -0.2) is 0 Å². The summed E-state index contributed by atoms with van der Waals surface area (Å²) in [4.78, 5) is 14.7. The molecule has 5 heteroatoms. The number of amides is 1. The third kappa shape index (κ3) is 3.49. The number of nitrogens with two attached hydrogens (primary N) is 1. The van der Waals surface area contributed by atoms with Crippen molar-refractivity contribution in [2.45, 2.75) is 26.3 Å². The average molecular weight is 282 g/mol. The zero-order chi connectivity index (χ0) is 13.1. The van der Waals surface area contributed by atoms with Gasteiger partial charge in [-0.1, -0.05) is 18.2 Å². The summed E-state index contributed by atoms with van der Waals surface area (Å²) in [5.41, 5.74) is 9.06. The van der Waals surface area contributed by atoms with Gasteiger partial charge in [0.1, 0.15) is 0 Å². The molecule has 0 bridgehead atoms. The summed E-state index contributed by atoms with van der Waals surface area (Å²) in [6.07, 6.45) is 0.814. The van der Waals surface area contributed by atoms with E-state index in [1.165, 1.54) is 10.9 Å². The molecule has 1 aromatic carbocycles. The predicted octanol–water partition coefficient (Wildman–Crippen LogP) is 1.90. The van der Waals surface area contributed by atoms with E-state index in [4.69, 9.17) is 5.73 Å². The smallest absolute Gasteiger partial charge is 0.236 e. The summed E-state index contributed by atoms with van der Waals surface area (Å²) in [6.45, 7) is 4.36. The number of nitrogens with one attached hydrogen (secondary N) is 2. The molecule has 1 aromatic heterocycles. The van der Waals surface area contributed by atoms with Gasteiger partial charge >= 0.3 is 0 Å². The molecule has 19 heavy (non-hydrogen) atoms. The van der Waals surface area contributed by atoms with Crippen molar-refractivity contribution >= 4 is 29.2 Å². The summed E-state index contributed by atoms with van der Waals surface area (Å²) in [6, 6.07) is 7.75. The zero-order valence-corrected chi connectivity index (χ0v) is 12.0. The number of H-pyrrole nitrogens is 1. The first-order valence-electron chi connectivity index (χ1n) is 6.19. The highest BCUT2D eigenvalue weighted by molar-refractivity contribution is 5.85. The first kappa shape index (κ1) is 15.5. The van der Waals surface area contributed by atoms with Gasteiger partial charge in [0.2, 0.25) is 5.91 Å². The van der Waals surface area contributed by atoms with Gasteiger partial charge < -0.3 is 16.0 Å². The molecule has 0 fully saturated rings. The molecule has 104 valence electrons. The van der Waals surface area contributed by atoms with Crippen molar-refractivity contribution in [3.8, 4) is 0 Å². The van der Waals surface area contributed by atoms with Crippen LogP contribution < -0.4 is 11.1 Å². The summed E-state index contributed by atoms with van der Waals surface area (Å²) >= 11 is 0. The molecular weight excluding hydrogens is 262 g/mol. The SMILES string of the molecule is Cc1[nH]c2ccccc2c1CCNC(=O)[C@@H](C)N.Cl. The quantitative estimate of drug-likeness (QED) is 0.801. The number of rotatable bonds is 4. The van der Waals surface area contributed by atoms with Gasteiger partial charge in [0.15, 0.2) is 0 Å². The molecule has 1 heterocycles. The number of para-hydroxylation sites is 1. The predicted molar refractivity (Wildman–Crippen MR) is 80.6 cm³/mol. The topological polar surface area (TPSA) is 70.9 Å². The normalized spacial score (nSPS) is 11.9. The van der Waals surface area contributed by atoms with Crippen LogP contribution in [-0.4, -0.2) is 23.5 Å². The summed E-state index contributed by atoms with van der Waals surface area (Å²) < 4.78 is 0. The largest absolute Gasteiger partial charge is 0.358 e. The van der Waals surface area contributed by atoms with Crippen LogP contribution in [0.3, 0.4) is 0 Å². The van der Waals surface area contributed by atoms with Crippen molar-refractivity contribution in [2.75, 3.05) is 6.54 Å². The standard InChI is InChI=1S/C14H19N3O.ClH/c1-9(15)14(18)16-8-7-11-10(2)17-13-6-4-3-5-12(11)13;/h3-6,9,17H,7-8,15H2,1-2H3,(H,16,18);1H/t9-;/m1./s1. The highest BCUT2D eigenvalue weighted by Gasteiger charge is 2.09. The van der Waals surface area contributed by atoms with E-state index in [0.29, 0.717) is 6.54 Å². The van der Waals surface area contributed by atoms with E-state index in [-0.39, 0.29) is 18.3 Å². The second-order valence-corrected chi connectivity index (χ2v) is 4.60. The Kier molecular flexibility index (Phi) is 5.39. The van der Waals surface area contributed by atoms with Crippen molar-refractivity contribution in [3.05, 3.63) is 35.5 Å². The van der Waals surface area contributed by atoms with Crippen LogP contribution in [0.1, 0.15) is 18.2 Å². The monoisotopic (exact) mass is 281 g/mol. The van der Waals surface area contributed by atoms with Gasteiger partial charge in [0, 0.05) is 23.1 Å². The number of hydrogen-bond donors (Lipinski definition) is 3. The lowest BCUT2D eigenvalue weighted by molar-refractivity contribution is -0.121. The Labute approximate surface area is 119 Å². The number of benzene rings is 1. The minimum Gasteiger partial charge on any atom is -0.358 e. The van der Waals surface area contributed by atoms with E-state index >= 15 is 0 Å². The first-order valence-corrected chi connectivity index (χ1v) is 6.19. The Morgan fingerprint density at radius 2 is 2.11 bits per heavy atom. The molecule has 0 aliphatic rings. The number of halogens is 1. The fourth-order valence-corrected chi connectivity index (χ4v) is 2.13. The Morgan fingerprint density at radius 3 is 2.79 bits per heavy atom. The first-order chi connectivity index (χ1) is 8.59. The molecule has 0 aliphatic carbocycles. The molecule has 2 aromatic rings. The third-order valence-corrected chi connectivity index (χ3v) is 3.11. The number of carbonyl (C=O) groups is 1. The van der Waals surface area contributed by atoms with Crippen LogP contribution in [-0.2, 0) is 11.2 Å². The van der Waals surface area contributed by atoms with Crippen LogP contribution in [0.25, 0.3) is 10.9 Å². The highest BCUT2D eigenvalue weighted by Crippen LogP contribution is 2.21. The van der Waals surface area contributed by atoms with E-state index in [0.717, 1.165) is 17.6 Å². The lowest BCUT2D eigenvalue weighted by Crippen LogP contribution is -2.39. The van der Waals surface area contributed by atoms with E-state index in [2.05, 4.69) is 29.4 Å². The van der Waals surface area contributed by atoms with Crippen molar-refractivity contribution in [1.82, 2.24) is 10.3 Å². The molecule has 1 atom stereocenters. The summed E-state index contributed by atoms with van der Waals surface area (Å²) in [5.74, 6) is -0.104. The Hall–Kier alpha value is -1.52. The maximum absolute atomic E-state index is 11.4. The number of aromatic amines is 1. The maximum atomic E-state index is 11.4. The van der Waals surface area contributed by atoms with E-state index in [9.17, 15) is 4.79 Å². The Morgan fingerprint density at radius 1 is 1.42 bits per heavy atom. The minimum atomic E-state index is -0.450. The van der Waals surface area contributed by atoms with Crippen LogP contribution >= 0.6 is 12.4 Å². The van der Waals surface area contributed by atoms with Gasteiger partial charge in [0.25, 0.3) is 0 Å². The molecule has 4 N–H and O–H groups in total. The molecule has 0 saturated heterocycles. The average Bonchev–Trinajstić information content (AvgIpc) is 2.65. The van der Waals surface area contributed by atoms with Crippen LogP contribution in [0.2, 0.25) is 0 Å². The fraction of sp³-hybridized carbons (Fsp3) is 0.357. The molecule has 0 radical (unpaired) electrons. The number of aromatic nitrogens is 1. The third-order valence-electron chi connectivity index (χ3n) is 3.11. The molecule has 0 saturated carbocycles. The van der Waals surface area contributed by atoms with E-state index < -0.39 is 6.04 Å². The van der Waals surface area contributed by atoms with Gasteiger partial charge in [-0.15, -0.1) is 12.4 Å². The van der Waals surface area contributed by atoms with Crippen LogP contribution in [0.5, 0.6) is 0 Å². The van der Waals surface area contributed by atoms with E-state index in [1.807, 2.05) is 12.1 Å². The number of fused-ring (bicyclic) bond motifs is 1. The van der Waals surface area contributed by atoms with E-state index in [1.54, 1.807) is 6.92 Å². The molecule has 1 amide bonds. The minimum absolute atomic E-state index is 0. The van der Waals surface area contributed by atoms with Crippen LogP contribution in [0.15, 0.2) is 24.3 Å². The molecule has 0 unspecified atom stereocenters. The zero-order valence-electron chi connectivity index (χ0n) is 11.2. The lowest BCUT2D eigenvalue weighted by Gasteiger charge is -2.07. The summed E-state index contributed by atoms with van der Waals surface area (Å²) in [7, 11) is 0. The van der Waals surface area contributed by atoms with Crippen LogP contribution in [0.4, 0.5) is 0 Å². The highest BCUT2D eigenvalue weighted by atomic mass is 35.5. The van der Waals surface area contributed by atoms with Gasteiger partial charge in [-0.3, -0.25) is 4.79 Å². The Bertz CT molecular complexity index is 563. The molecule has 2 rings (SSSR count). The second-order valence-electron chi connectivity index (χ2n) is 4.60. The van der Waals surface area contributed by atoms with Crippen LogP contribution in [0, 0.1) is 6.92 Å². The molecule has 0 spiro atoms.